The van der Waals surface area contributed by atoms with Crippen molar-refractivity contribution in [3.63, 3.8) is 0 Å². The highest BCUT2D eigenvalue weighted by molar-refractivity contribution is 6.31. The molecule has 6 rings (SSSR count). The Morgan fingerprint density at radius 3 is 1.90 bits per heavy atom. The van der Waals surface area contributed by atoms with Crippen LogP contribution < -0.4 is 20.5 Å². The second kappa shape index (κ2) is 11.6. The lowest BCUT2D eigenvalue weighted by Gasteiger charge is -2.34. The van der Waals surface area contributed by atoms with Crippen LogP contribution in [-0.4, -0.2) is 10.9 Å². The van der Waals surface area contributed by atoms with Crippen molar-refractivity contribution in [1.82, 2.24) is 4.98 Å². The van der Waals surface area contributed by atoms with E-state index in [4.69, 9.17) is 26.8 Å². The first-order valence-corrected chi connectivity index (χ1v) is 13.5. The van der Waals surface area contributed by atoms with Crippen molar-refractivity contribution in [1.29, 1.82) is 0 Å². The van der Waals surface area contributed by atoms with Gasteiger partial charge < -0.3 is 20.5 Å². The summed E-state index contributed by atoms with van der Waals surface area (Å²) in [4.78, 5) is 16.1. The van der Waals surface area contributed by atoms with Crippen LogP contribution in [0.4, 0.5) is 5.69 Å². The van der Waals surface area contributed by atoms with E-state index in [9.17, 15) is 4.79 Å². The summed E-state index contributed by atoms with van der Waals surface area (Å²) in [5.74, 6) is 0.912. The molecule has 41 heavy (non-hydrogen) atoms. The molecule has 0 spiro atoms. The first-order chi connectivity index (χ1) is 20.1. The maximum Gasteiger partial charge on any atom is 0.249 e. The van der Waals surface area contributed by atoms with Gasteiger partial charge in [-0.3, -0.25) is 9.78 Å². The van der Waals surface area contributed by atoms with E-state index in [1.165, 1.54) is 0 Å². The van der Waals surface area contributed by atoms with Crippen molar-refractivity contribution in [3.05, 3.63) is 155 Å². The van der Waals surface area contributed by atoms with Crippen LogP contribution in [0.2, 0.25) is 0 Å². The molecule has 4 aromatic carbocycles. The van der Waals surface area contributed by atoms with Crippen molar-refractivity contribution in [2.24, 2.45) is 5.73 Å². The number of primary amides is 1. The van der Waals surface area contributed by atoms with E-state index in [-0.39, 0.29) is 0 Å². The van der Waals surface area contributed by atoms with Crippen LogP contribution in [0.5, 0.6) is 11.5 Å². The fourth-order valence-corrected chi connectivity index (χ4v) is 5.22. The molecule has 1 aromatic heterocycles. The number of benzene rings is 4. The molecular formula is C34H26ClN3O3. The third-order valence-corrected chi connectivity index (χ3v) is 7.27. The number of aromatic nitrogens is 1. The highest BCUT2D eigenvalue weighted by atomic mass is 35.5. The second-order valence-electron chi connectivity index (χ2n) is 9.50. The third kappa shape index (κ3) is 5.51. The van der Waals surface area contributed by atoms with E-state index >= 15 is 0 Å². The van der Waals surface area contributed by atoms with Gasteiger partial charge in [-0.1, -0.05) is 84.4 Å². The molecule has 7 heteroatoms. The lowest BCUT2D eigenvalue weighted by atomic mass is 9.89. The Morgan fingerprint density at radius 2 is 1.29 bits per heavy atom. The van der Waals surface area contributed by atoms with E-state index in [2.05, 4.69) is 10.3 Å². The van der Waals surface area contributed by atoms with Gasteiger partial charge in [-0.25, -0.2) is 0 Å². The van der Waals surface area contributed by atoms with Crippen LogP contribution in [0, 0.1) is 0 Å². The first-order valence-electron chi connectivity index (χ1n) is 13.1. The number of hydrogen-bond acceptors (Lipinski definition) is 5. The molecule has 1 aliphatic rings. The fraction of sp³-hybridized carbons (Fsp3) is 0.0588. The Kier molecular flexibility index (Phi) is 7.39. The summed E-state index contributed by atoms with van der Waals surface area (Å²) in [5, 5.41) is 4.00. The van der Waals surface area contributed by atoms with E-state index in [1.807, 2.05) is 109 Å². The van der Waals surface area contributed by atoms with Gasteiger partial charge in [0.2, 0.25) is 5.91 Å². The third-order valence-electron chi connectivity index (χ3n) is 6.87. The van der Waals surface area contributed by atoms with Gasteiger partial charge in [-0.15, -0.1) is 0 Å². The number of para-hydroxylation sites is 2. The molecule has 2 unspecified atom stereocenters. The Bertz CT molecular complexity index is 1710. The molecule has 2 atom stereocenters. The number of carbonyl (C=O) groups is 1. The molecule has 1 heterocycles. The number of pyridine rings is 1. The van der Waals surface area contributed by atoms with E-state index in [0.717, 1.165) is 22.4 Å². The summed E-state index contributed by atoms with van der Waals surface area (Å²) in [7, 11) is 0. The quantitative estimate of drug-likeness (QED) is 0.204. The molecule has 5 aromatic rings. The molecule has 6 nitrogen and oxygen atoms in total. The van der Waals surface area contributed by atoms with Crippen LogP contribution in [0.25, 0.3) is 11.1 Å². The molecular weight excluding hydrogens is 534 g/mol. The number of halogens is 1. The van der Waals surface area contributed by atoms with Gasteiger partial charge in [-0.2, -0.15) is 0 Å². The lowest BCUT2D eigenvalue weighted by molar-refractivity contribution is 0.100. The Hall–Kier alpha value is -5.07. The summed E-state index contributed by atoms with van der Waals surface area (Å²) in [6.45, 7) is 0. The Morgan fingerprint density at radius 1 is 0.732 bits per heavy atom. The summed E-state index contributed by atoms with van der Waals surface area (Å²) in [5.41, 5.74) is 10.8. The summed E-state index contributed by atoms with van der Waals surface area (Å²) >= 11 is 7.17. The number of hydrogen-bond donors (Lipinski definition) is 2. The van der Waals surface area contributed by atoms with Crippen LogP contribution in [0.1, 0.15) is 33.7 Å². The number of ether oxygens (including phenoxy) is 2. The Balaban J connectivity index is 1.39. The highest BCUT2D eigenvalue weighted by Crippen LogP contribution is 2.46. The van der Waals surface area contributed by atoms with Crippen LogP contribution in [-0.2, 0) is 0 Å². The topological polar surface area (TPSA) is 86.5 Å². The van der Waals surface area contributed by atoms with E-state index < -0.39 is 18.1 Å². The summed E-state index contributed by atoms with van der Waals surface area (Å²) in [6.07, 6.45) is 2.13. The molecule has 0 saturated heterocycles. The molecule has 1 amide bonds. The molecule has 0 radical (unpaired) electrons. The van der Waals surface area contributed by atoms with Crippen LogP contribution in [0.3, 0.4) is 0 Å². The number of nitrogens with one attached hydrogen (secondary N) is 1. The SMILES string of the molecule is NC(=O)c1ccncc1-c1ccc(NC2=C(Cl)C(Oc3ccccc3)c3ccccc3C2Oc2ccccc2)cc1. The average molecular weight is 560 g/mol. The zero-order chi connectivity index (χ0) is 28.2. The van der Waals surface area contributed by atoms with Crippen molar-refractivity contribution in [2.45, 2.75) is 12.2 Å². The van der Waals surface area contributed by atoms with E-state index in [1.54, 1.807) is 18.5 Å². The van der Waals surface area contributed by atoms with Crippen LogP contribution in [0.15, 0.2) is 138 Å². The predicted octanol–water partition coefficient (Wildman–Crippen LogP) is 7.66. The summed E-state index contributed by atoms with van der Waals surface area (Å²) < 4.78 is 13.0. The predicted molar refractivity (Wildman–Crippen MR) is 161 cm³/mol. The molecule has 0 fully saturated rings. The van der Waals surface area contributed by atoms with Crippen LogP contribution >= 0.6 is 11.6 Å². The molecule has 0 aliphatic heterocycles. The maximum atomic E-state index is 11.9. The van der Waals surface area contributed by atoms with Crippen molar-refractivity contribution in [3.8, 4) is 22.6 Å². The highest BCUT2D eigenvalue weighted by Gasteiger charge is 2.37. The second-order valence-corrected chi connectivity index (χ2v) is 9.91. The van der Waals surface area contributed by atoms with Crippen molar-refractivity contribution < 1.29 is 14.3 Å². The zero-order valence-electron chi connectivity index (χ0n) is 21.9. The normalized spacial score (nSPS) is 16.0. The van der Waals surface area contributed by atoms with Crippen molar-refractivity contribution >= 4 is 23.2 Å². The average Bonchev–Trinajstić information content (AvgIpc) is 3.02. The molecule has 3 N–H and O–H groups in total. The largest absolute Gasteiger partial charge is 0.480 e. The van der Waals surface area contributed by atoms with Gasteiger partial charge in [0.25, 0.3) is 0 Å². The zero-order valence-corrected chi connectivity index (χ0v) is 22.7. The molecule has 0 saturated carbocycles. The number of anilines is 1. The van der Waals surface area contributed by atoms with Gasteiger partial charge in [0.05, 0.1) is 10.7 Å². The number of fused-ring (bicyclic) bond motifs is 1. The molecule has 0 bridgehead atoms. The fourth-order valence-electron chi connectivity index (χ4n) is 4.91. The number of carbonyl (C=O) groups excluding carboxylic acids is 1. The van der Waals surface area contributed by atoms with Gasteiger partial charge in [-0.05, 0) is 48.0 Å². The number of amides is 1. The summed E-state index contributed by atoms with van der Waals surface area (Å²) in [6, 6.07) is 36.5. The van der Waals surface area contributed by atoms with Gasteiger partial charge in [0, 0.05) is 40.3 Å². The molecule has 1 aliphatic carbocycles. The Labute approximate surface area is 243 Å². The minimum absolute atomic E-state index is 0.410. The van der Waals surface area contributed by atoms with Gasteiger partial charge in [0.15, 0.2) is 12.2 Å². The number of rotatable bonds is 8. The van der Waals surface area contributed by atoms with E-state index in [0.29, 0.717) is 33.4 Å². The minimum Gasteiger partial charge on any atom is -0.480 e. The number of nitrogens with zero attached hydrogens (tertiary/aromatic N) is 1. The van der Waals surface area contributed by atoms with Gasteiger partial charge >= 0.3 is 0 Å². The van der Waals surface area contributed by atoms with Gasteiger partial charge in [0.1, 0.15) is 11.5 Å². The lowest BCUT2D eigenvalue weighted by Crippen LogP contribution is -2.27. The maximum absolute atomic E-state index is 11.9. The standard InChI is InChI=1S/C34H26ClN3O3/c35-30-31(38-23-17-15-22(16-18-23)29-21-37-20-19-28(29)34(36)39)33(41-25-11-5-2-6-12-25)27-14-8-7-13-26(27)32(30)40-24-9-3-1-4-10-24/h1-21,32-33,38H,(H2,36,39). The molecule has 202 valence electrons. The first kappa shape index (κ1) is 26.2. The minimum atomic E-state index is -0.541. The monoisotopic (exact) mass is 559 g/mol. The smallest absolute Gasteiger partial charge is 0.249 e. The number of nitrogens with two attached hydrogens (primary N) is 1. The van der Waals surface area contributed by atoms with Crippen molar-refractivity contribution in [2.75, 3.05) is 5.32 Å².